The Balaban J connectivity index is 1.74. The van der Waals surface area contributed by atoms with Gasteiger partial charge in [-0.1, -0.05) is 29.8 Å². The van der Waals surface area contributed by atoms with Crippen molar-refractivity contribution in [3.05, 3.63) is 58.6 Å². The average molecular weight is 407 g/mol. The first-order valence-corrected chi connectivity index (χ1v) is 10.7. The number of nitrogens with one attached hydrogen (secondary N) is 1. The predicted octanol–water partition coefficient (Wildman–Crippen LogP) is 4.00. The molecule has 1 heterocycles. The van der Waals surface area contributed by atoms with E-state index in [9.17, 15) is 13.2 Å². The molecule has 27 heavy (non-hydrogen) atoms. The van der Waals surface area contributed by atoms with Crippen molar-refractivity contribution >= 4 is 33.2 Å². The van der Waals surface area contributed by atoms with Gasteiger partial charge in [-0.05, 0) is 62.1 Å². The number of sulfonamides is 1. The third kappa shape index (κ3) is 4.51. The summed E-state index contributed by atoms with van der Waals surface area (Å²) in [6, 6.07) is 12.3. The fraction of sp³-hybridized carbons (Fsp3) is 0.350. The van der Waals surface area contributed by atoms with Gasteiger partial charge in [0.1, 0.15) is 0 Å². The van der Waals surface area contributed by atoms with E-state index >= 15 is 0 Å². The number of benzene rings is 2. The van der Waals surface area contributed by atoms with Crippen LogP contribution in [0.3, 0.4) is 0 Å². The number of carbonyl (C=O) groups excluding carboxylic acids is 1. The van der Waals surface area contributed by atoms with E-state index in [4.69, 9.17) is 11.6 Å². The zero-order chi connectivity index (χ0) is 19.6. The second kappa shape index (κ2) is 8.00. The molecule has 2 aromatic carbocycles. The second-order valence-electron chi connectivity index (χ2n) is 6.97. The molecule has 0 radical (unpaired) electrons. The first-order valence-electron chi connectivity index (χ1n) is 8.91. The van der Waals surface area contributed by atoms with Gasteiger partial charge in [-0.15, -0.1) is 0 Å². The van der Waals surface area contributed by atoms with Crippen molar-refractivity contribution in [3.63, 3.8) is 0 Å². The average Bonchev–Trinajstić information content (AvgIpc) is 2.64. The van der Waals surface area contributed by atoms with Crippen molar-refractivity contribution in [2.75, 3.05) is 18.4 Å². The summed E-state index contributed by atoms with van der Waals surface area (Å²) < 4.78 is 27.3. The number of amides is 1. The molecule has 1 aliphatic rings. The minimum absolute atomic E-state index is 0.151. The van der Waals surface area contributed by atoms with Gasteiger partial charge in [-0.3, -0.25) is 4.79 Å². The number of hydrogen-bond acceptors (Lipinski definition) is 3. The summed E-state index contributed by atoms with van der Waals surface area (Å²) in [7, 11) is -3.68. The predicted molar refractivity (Wildman–Crippen MR) is 107 cm³/mol. The van der Waals surface area contributed by atoms with E-state index in [2.05, 4.69) is 5.32 Å². The quantitative estimate of drug-likeness (QED) is 0.834. The zero-order valence-corrected chi connectivity index (χ0v) is 17.0. The molecule has 2 aromatic rings. The molecule has 1 aliphatic heterocycles. The molecule has 1 atom stereocenters. The van der Waals surface area contributed by atoms with Crippen LogP contribution in [0.15, 0.2) is 47.4 Å². The lowest BCUT2D eigenvalue weighted by atomic mass is 9.98. The molecule has 0 spiro atoms. The van der Waals surface area contributed by atoms with E-state index in [0.717, 1.165) is 16.8 Å². The Bertz CT molecular complexity index is 959. The summed E-state index contributed by atoms with van der Waals surface area (Å²) in [6.45, 7) is 4.36. The van der Waals surface area contributed by atoms with E-state index < -0.39 is 10.0 Å². The summed E-state index contributed by atoms with van der Waals surface area (Å²) in [5.74, 6) is -0.530. The first kappa shape index (κ1) is 19.9. The molecule has 1 N–H and O–H groups in total. The Labute approximate surface area is 165 Å². The number of carbonyl (C=O) groups is 1. The number of anilines is 1. The Hall–Kier alpha value is -1.89. The van der Waals surface area contributed by atoms with Gasteiger partial charge in [-0.2, -0.15) is 4.31 Å². The minimum Gasteiger partial charge on any atom is -0.326 e. The molecule has 1 unspecified atom stereocenters. The van der Waals surface area contributed by atoms with Gasteiger partial charge >= 0.3 is 0 Å². The van der Waals surface area contributed by atoms with Crippen molar-refractivity contribution in [2.45, 2.75) is 31.6 Å². The summed E-state index contributed by atoms with van der Waals surface area (Å²) in [5.41, 5.74) is 2.60. The van der Waals surface area contributed by atoms with Crippen LogP contribution in [-0.4, -0.2) is 31.7 Å². The largest absolute Gasteiger partial charge is 0.326 e. The highest BCUT2D eigenvalue weighted by Gasteiger charge is 2.33. The molecule has 0 bridgehead atoms. The summed E-state index contributed by atoms with van der Waals surface area (Å²) in [4.78, 5) is 12.8. The van der Waals surface area contributed by atoms with Crippen LogP contribution in [-0.2, 0) is 14.8 Å². The number of piperidine rings is 1. The van der Waals surface area contributed by atoms with Gasteiger partial charge in [0.15, 0.2) is 0 Å². The lowest BCUT2D eigenvalue weighted by Gasteiger charge is -2.31. The Morgan fingerprint density at radius 2 is 1.96 bits per heavy atom. The zero-order valence-electron chi connectivity index (χ0n) is 15.4. The van der Waals surface area contributed by atoms with Crippen LogP contribution in [0.4, 0.5) is 5.69 Å². The Kier molecular flexibility index (Phi) is 5.89. The van der Waals surface area contributed by atoms with Crippen LogP contribution in [0.2, 0.25) is 5.02 Å². The van der Waals surface area contributed by atoms with Gasteiger partial charge in [0.2, 0.25) is 15.9 Å². The minimum atomic E-state index is -3.68. The number of aryl methyl sites for hydroxylation is 2. The Morgan fingerprint density at radius 1 is 1.19 bits per heavy atom. The fourth-order valence-corrected chi connectivity index (χ4v) is 5.02. The van der Waals surface area contributed by atoms with Gasteiger partial charge in [-0.25, -0.2) is 8.42 Å². The van der Waals surface area contributed by atoms with Gasteiger partial charge < -0.3 is 5.32 Å². The van der Waals surface area contributed by atoms with E-state index in [1.54, 1.807) is 12.1 Å². The van der Waals surface area contributed by atoms with Gasteiger partial charge in [0.25, 0.3) is 0 Å². The molecular formula is C20H23ClN2O3S. The van der Waals surface area contributed by atoms with Gasteiger partial charge in [0, 0.05) is 23.8 Å². The van der Waals surface area contributed by atoms with Crippen molar-refractivity contribution in [1.82, 2.24) is 4.31 Å². The summed E-state index contributed by atoms with van der Waals surface area (Å²) in [5, 5.41) is 3.32. The topological polar surface area (TPSA) is 66.5 Å². The van der Waals surface area contributed by atoms with E-state index in [1.165, 1.54) is 10.4 Å². The van der Waals surface area contributed by atoms with Crippen molar-refractivity contribution < 1.29 is 13.2 Å². The number of nitrogens with zero attached hydrogens (tertiary/aromatic N) is 1. The van der Waals surface area contributed by atoms with Crippen molar-refractivity contribution in [2.24, 2.45) is 5.92 Å². The molecule has 1 fully saturated rings. The lowest BCUT2D eigenvalue weighted by molar-refractivity contribution is -0.120. The number of rotatable bonds is 4. The molecule has 0 saturated carbocycles. The molecule has 7 heteroatoms. The third-order valence-electron chi connectivity index (χ3n) is 4.82. The fourth-order valence-electron chi connectivity index (χ4n) is 3.22. The third-order valence-corrected chi connectivity index (χ3v) is 7.09. The van der Waals surface area contributed by atoms with E-state index in [1.807, 2.05) is 38.1 Å². The monoisotopic (exact) mass is 406 g/mol. The van der Waals surface area contributed by atoms with E-state index in [-0.39, 0.29) is 23.3 Å². The standard InChI is InChI=1S/C20H23ClN2O3S/c1-14-5-3-7-17(11-14)22-20(24)16-6-4-10-23(13-16)27(25,26)18-9-8-15(2)19(21)12-18/h3,5,7-9,11-12,16H,4,6,10,13H2,1-2H3,(H,22,24). The van der Waals surface area contributed by atoms with Gasteiger partial charge in [0.05, 0.1) is 10.8 Å². The van der Waals surface area contributed by atoms with Crippen molar-refractivity contribution in [3.8, 4) is 0 Å². The van der Waals surface area contributed by atoms with E-state index in [0.29, 0.717) is 24.4 Å². The molecule has 1 amide bonds. The molecule has 3 rings (SSSR count). The second-order valence-corrected chi connectivity index (χ2v) is 9.32. The highest BCUT2D eigenvalue weighted by molar-refractivity contribution is 7.89. The number of halogens is 1. The molecule has 0 aromatic heterocycles. The maximum absolute atomic E-state index is 13.0. The molecular weight excluding hydrogens is 384 g/mol. The molecule has 5 nitrogen and oxygen atoms in total. The van der Waals surface area contributed by atoms with Crippen LogP contribution in [0, 0.1) is 19.8 Å². The van der Waals surface area contributed by atoms with Crippen LogP contribution in [0.25, 0.3) is 0 Å². The molecule has 144 valence electrons. The summed E-state index contributed by atoms with van der Waals surface area (Å²) in [6.07, 6.45) is 1.31. The van der Waals surface area contributed by atoms with Crippen LogP contribution in [0.1, 0.15) is 24.0 Å². The Morgan fingerprint density at radius 3 is 2.67 bits per heavy atom. The highest BCUT2D eigenvalue weighted by atomic mass is 35.5. The van der Waals surface area contributed by atoms with Crippen LogP contribution in [0.5, 0.6) is 0 Å². The molecule has 0 aliphatic carbocycles. The first-order chi connectivity index (χ1) is 12.8. The van der Waals surface area contributed by atoms with Crippen LogP contribution >= 0.6 is 11.6 Å². The lowest BCUT2D eigenvalue weighted by Crippen LogP contribution is -2.43. The maximum Gasteiger partial charge on any atom is 0.243 e. The SMILES string of the molecule is Cc1cccc(NC(=O)C2CCCN(S(=O)(=O)c3ccc(C)c(Cl)c3)C2)c1. The normalized spacial score (nSPS) is 18.3. The smallest absolute Gasteiger partial charge is 0.243 e. The van der Waals surface area contributed by atoms with Crippen molar-refractivity contribution in [1.29, 1.82) is 0 Å². The molecule has 1 saturated heterocycles. The maximum atomic E-state index is 13.0. The summed E-state index contributed by atoms with van der Waals surface area (Å²) >= 11 is 6.09. The highest BCUT2D eigenvalue weighted by Crippen LogP contribution is 2.27. The number of hydrogen-bond donors (Lipinski definition) is 1. The van der Waals surface area contributed by atoms with Crippen LogP contribution < -0.4 is 5.32 Å².